The lowest BCUT2D eigenvalue weighted by Crippen LogP contribution is -2.42. The number of piperidine rings is 1. The standard InChI is InChI=1S/C16H17ClN2O/c1-11-6-4-5-9-19(11)16(20)14-10-18-15(17)13-8-3-2-7-12(13)14/h2-3,7-8,10-11H,4-6,9H2,1H3. The number of nitrogens with zero attached hydrogens (tertiary/aromatic N) is 2. The molecule has 0 spiro atoms. The van der Waals surface area contributed by atoms with Crippen LogP contribution < -0.4 is 0 Å². The number of aromatic nitrogens is 1. The van der Waals surface area contributed by atoms with E-state index in [-0.39, 0.29) is 5.91 Å². The Labute approximate surface area is 123 Å². The van der Waals surface area contributed by atoms with Gasteiger partial charge in [-0.2, -0.15) is 0 Å². The Kier molecular flexibility index (Phi) is 3.62. The normalized spacial score (nSPS) is 19.3. The first-order valence-electron chi connectivity index (χ1n) is 7.02. The molecule has 3 nitrogen and oxygen atoms in total. The van der Waals surface area contributed by atoms with Gasteiger partial charge in [-0.15, -0.1) is 0 Å². The van der Waals surface area contributed by atoms with Crippen LogP contribution in [0.5, 0.6) is 0 Å². The number of carbonyl (C=O) groups excluding carboxylic acids is 1. The van der Waals surface area contributed by atoms with Crippen LogP contribution in [0.4, 0.5) is 0 Å². The van der Waals surface area contributed by atoms with Crippen LogP contribution in [0.1, 0.15) is 36.5 Å². The molecule has 1 atom stereocenters. The molecule has 3 rings (SSSR count). The molecule has 1 aliphatic heterocycles. The fourth-order valence-electron chi connectivity index (χ4n) is 2.88. The first-order chi connectivity index (χ1) is 9.68. The summed E-state index contributed by atoms with van der Waals surface area (Å²) in [4.78, 5) is 18.9. The van der Waals surface area contributed by atoms with Gasteiger partial charge in [-0.25, -0.2) is 4.98 Å². The van der Waals surface area contributed by atoms with Crippen LogP contribution in [-0.4, -0.2) is 28.4 Å². The second-order valence-corrected chi connectivity index (χ2v) is 5.71. The van der Waals surface area contributed by atoms with Gasteiger partial charge in [0.05, 0.1) is 5.56 Å². The summed E-state index contributed by atoms with van der Waals surface area (Å²) in [6.45, 7) is 2.94. The number of carbonyl (C=O) groups is 1. The van der Waals surface area contributed by atoms with Crippen molar-refractivity contribution in [3.05, 3.63) is 41.2 Å². The number of halogens is 1. The van der Waals surface area contributed by atoms with E-state index >= 15 is 0 Å². The fourth-order valence-corrected chi connectivity index (χ4v) is 3.10. The number of pyridine rings is 1. The van der Waals surface area contributed by atoms with Gasteiger partial charge < -0.3 is 4.90 Å². The SMILES string of the molecule is CC1CCCCN1C(=O)c1cnc(Cl)c2ccccc12. The van der Waals surface area contributed by atoms with Gasteiger partial charge in [0.1, 0.15) is 5.15 Å². The van der Waals surface area contributed by atoms with Crippen molar-refractivity contribution in [1.82, 2.24) is 9.88 Å². The third-order valence-corrected chi connectivity index (χ3v) is 4.34. The fraction of sp³-hybridized carbons (Fsp3) is 0.375. The summed E-state index contributed by atoms with van der Waals surface area (Å²) in [6.07, 6.45) is 4.96. The minimum atomic E-state index is 0.0672. The highest BCUT2D eigenvalue weighted by molar-refractivity contribution is 6.34. The molecule has 2 heterocycles. The van der Waals surface area contributed by atoms with Gasteiger partial charge in [0, 0.05) is 24.2 Å². The van der Waals surface area contributed by atoms with Crippen LogP contribution in [0.3, 0.4) is 0 Å². The predicted octanol–water partition coefficient (Wildman–Crippen LogP) is 3.90. The monoisotopic (exact) mass is 288 g/mol. The summed E-state index contributed by atoms with van der Waals surface area (Å²) in [5, 5.41) is 2.17. The van der Waals surface area contributed by atoms with Crippen LogP contribution >= 0.6 is 11.6 Å². The molecule has 1 aromatic heterocycles. The second-order valence-electron chi connectivity index (χ2n) is 5.35. The van der Waals surface area contributed by atoms with Crippen LogP contribution in [-0.2, 0) is 0 Å². The number of hydrogen-bond acceptors (Lipinski definition) is 2. The molecule has 1 fully saturated rings. The summed E-state index contributed by atoms with van der Waals surface area (Å²) in [7, 11) is 0. The molecule has 1 saturated heterocycles. The Morgan fingerprint density at radius 1 is 1.30 bits per heavy atom. The molecule has 104 valence electrons. The summed E-state index contributed by atoms with van der Waals surface area (Å²) < 4.78 is 0. The molecule has 1 aromatic carbocycles. The van der Waals surface area contributed by atoms with E-state index < -0.39 is 0 Å². The number of benzene rings is 1. The first-order valence-corrected chi connectivity index (χ1v) is 7.40. The van der Waals surface area contributed by atoms with E-state index in [0.29, 0.717) is 16.8 Å². The maximum Gasteiger partial charge on any atom is 0.256 e. The van der Waals surface area contributed by atoms with Crippen molar-refractivity contribution in [3.8, 4) is 0 Å². The topological polar surface area (TPSA) is 33.2 Å². The first kappa shape index (κ1) is 13.4. The van der Waals surface area contributed by atoms with E-state index in [1.54, 1.807) is 6.20 Å². The van der Waals surface area contributed by atoms with Gasteiger partial charge in [0.2, 0.25) is 0 Å². The predicted molar refractivity (Wildman–Crippen MR) is 81.1 cm³/mol. The lowest BCUT2D eigenvalue weighted by molar-refractivity contribution is 0.0637. The molecule has 0 N–H and O–H groups in total. The number of likely N-dealkylation sites (tertiary alicyclic amines) is 1. The molecule has 1 aliphatic rings. The van der Waals surface area contributed by atoms with Crippen molar-refractivity contribution in [1.29, 1.82) is 0 Å². The lowest BCUT2D eigenvalue weighted by atomic mass is 10.0. The number of amides is 1. The molecule has 1 unspecified atom stereocenters. The van der Waals surface area contributed by atoms with Crippen LogP contribution in [0.25, 0.3) is 10.8 Å². The molecule has 0 radical (unpaired) electrons. The van der Waals surface area contributed by atoms with Gasteiger partial charge in [0.15, 0.2) is 0 Å². The Bertz CT molecular complexity index is 656. The average Bonchev–Trinajstić information content (AvgIpc) is 2.48. The molecule has 0 aliphatic carbocycles. The van der Waals surface area contributed by atoms with E-state index in [2.05, 4.69) is 11.9 Å². The minimum absolute atomic E-state index is 0.0672. The average molecular weight is 289 g/mol. The van der Waals surface area contributed by atoms with Crippen molar-refractivity contribution in [3.63, 3.8) is 0 Å². The van der Waals surface area contributed by atoms with Crippen molar-refractivity contribution < 1.29 is 4.79 Å². The third-order valence-electron chi connectivity index (χ3n) is 4.04. The molecule has 0 bridgehead atoms. The van der Waals surface area contributed by atoms with Crippen molar-refractivity contribution in [2.75, 3.05) is 6.54 Å². The van der Waals surface area contributed by atoms with E-state index in [0.717, 1.165) is 30.2 Å². The quantitative estimate of drug-likeness (QED) is 0.746. The van der Waals surface area contributed by atoms with E-state index in [4.69, 9.17) is 11.6 Å². The Balaban J connectivity index is 2.06. The molecule has 1 amide bonds. The number of fused-ring (bicyclic) bond motifs is 1. The highest BCUT2D eigenvalue weighted by Crippen LogP contribution is 2.27. The van der Waals surface area contributed by atoms with Gasteiger partial charge in [-0.05, 0) is 31.6 Å². The summed E-state index contributed by atoms with van der Waals surface area (Å²) >= 11 is 6.11. The highest BCUT2D eigenvalue weighted by atomic mass is 35.5. The molecule has 0 saturated carbocycles. The zero-order valence-corrected chi connectivity index (χ0v) is 12.2. The largest absolute Gasteiger partial charge is 0.336 e. The summed E-state index contributed by atoms with van der Waals surface area (Å²) in [5.74, 6) is 0.0672. The maximum absolute atomic E-state index is 12.8. The summed E-state index contributed by atoms with van der Waals surface area (Å²) in [5.41, 5.74) is 0.652. The molecule has 20 heavy (non-hydrogen) atoms. The number of rotatable bonds is 1. The molecular weight excluding hydrogens is 272 g/mol. The zero-order chi connectivity index (χ0) is 14.1. The van der Waals surface area contributed by atoms with Gasteiger partial charge >= 0.3 is 0 Å². The Hall–Kier alpha value is -1.61. The molecule has 4 heteroatoms. The maximum atomic E-state index is 12.8. The van der Waals surface area contributed by atoms with Crippen molar-refractivity contribution >= 4 is 28.3 Å². The van der Waals surface area contributed by atoms with Crippen molar-refractivity contribution in [2.24, 2.45) is 0 Å². The smallest absolute Gasteiger partial charge is 0.256 e. The van der Waals surface area contributed by atoms with Gasteiger partial charge in [0.25, 0.3) is 5.91 Å². The lowest BCUT2D eigenvalue weighted by Gasteiger charge is -2.33. The van der Waals surface area contributed by atoms with Crippen LogP contribution in [0.2, 0.25) is 5.15 Å². The third kappa shape index (κ3) is 2.27. The van der Waals surface area contributed by atoms with E-state index in [1.165, 1.54) is 6.42 Å². The van der Waals surface area contributed by atoms with Crippen LogP contribution in [0, 0.1) is 0 Å². The molecular formula is C16H17ClN2O. The van der Waals surface area contributed by atoms with E-state index in [9.17, 15) is 4.79 Å². The Morgan fingerprint density at radius 3 is 2.80 bits per heavy atom. The van der Waals surface area contributed by atoms with Crippen LogP contribution in [0.15, 0.2) is 30.5 Å². The molecule has 2 aromatic rings. The Morgan fingerprint density at radius 2 is 2.05 bits per heavy atom. The van der Waals surface area contributed by atoms with Gasteiger partial charge in [-0.3, -0.25) is 4.79 Å². The highest BCUT2D eigenvalue weighted by Gasteiger charge is 2.25. The zero-order valence-electron chi connectivity index (χ0n) is 11.5. The number of hydrogen-bond donors (Lipinski definition) is 0. The second kappa shape index (κ2) is 5.41. The minimum Gasteiger partial charge on any atom is -0.336 e. The van der Waals surface area contributed by atoms with E-state index in [1.807, 2.05) is 29.2 Å². The summed E-state index contributed by atoms with van der Waals surface area (Å²) in [6, 6.07) is 7.97. The van der Waals surface area contributed by atoms with Gasteiger partial charge in [-0.1, -0.05) is 35.9 Å². The van der Waals surface area contributed by atoms with Crippen molar-refractivity contribution in [2.45, 2.75) is 32.2 Å².